The van der Waals surface area contributed by atoms with Crippen LogP contribution < -0.4 is 5.32 Å². The second kappa shape index (κ2) is 4.40. The highest BCUT2D eigenvalue weighted by Gasteiger charge is 2.06. The van der Waals surface area contributed by atoms with E-state index in [1.807, 2.05) is 12.3 Å². The first-order chi connectivity index (χ1) is 7.29. The third kappa shape index (κ3) is 2.33. The number of nitrogens with one attached hydrogen (secondary N) is 2. The van der Waals surface area contributed by atoms with Crippen LogP contribution in [0.25, 0.3) is 11.0 Å². The summed E-state index contributed by atoms with van der Waals surface area (Å²) >= 11 is 0. The molecule has 2 rings (SSSR count). The van der Waals surface area contributed by atoms with Crippen molar-refractivity contribution in [2.75, 3.05) is 6.54 Å². The maximum Gasteiger partial charge on any atom is 0.108 e. The highest BCUT2D eigenvalue weighted by molar-refractivity contribution is 5.73. The molecular weight excluding hydrogens is 188 g/mol. The lowest BCUT2D eigenvalue weighted by Crippen LogP contribution is -2.27. The van der Waals surface area contributed by atoms with Gasteiger partial charge in [-0.1, -0.05) is 6.92 Å². The molecule has 0 spiro atoms. The summed E-state index contributed by atoms with van der Waals surface area (Å²) in [4.78, 5) is 11.8. The summed E-state index contributed by atoms with van der Waals surface area (Å²) in [7, 11) is 0. The van der Waals surface area contributed by atoms with Crippen LogP contribution in [-0.4, -0.2) is 27.5 Å². The Bertz CT molecular complexity index is 402. The van der Waals surface area contributed by atoms with E-state index in [0.29, 0.717) is 6.04 Å². The lowest BCUT2D eigenvalue weighted by atomic mass is 10.2. The molecule has 4 heteroatoms. The van der Waals surface area contributed by atoms with Gasteiger partial charge in [0.25, 0.3) is 0 Å². The van der Waals surface area contributed by atoms with Crippen molar-refractivity contribution in [3.05, 3.63) is 24.3 Å². The van der Waals surface area contributed by atoms with Crippen LogP contribution >= 0.6 is 0 Å². The maximum absolute atomic E-state index is 4.50. The van der Waals surface area contributed by atoms with E-state index in [1.54, 1.807) is 6.20 Å². The van der Waals surface area contributed by atoms with Gasteiger partial charge < -0.3 is 10.3 Å². The first kappa shape index (κ1) is 10.1. The van der Waals surface area contributed by atoms with Crippen molar-refractivity contribution < 1.29 is 0 Å². The number of pyridine rings is 1. The lowest BCUT2D eigenvalue weighted by Gasteiger charge is -2.09. The van der Waals surface area contributed by atoms with E-state index in [-0.39, 0.29) is 0 Å². The molecule has 0 fully saturated rings. The Morgan fingerprint density at radius 3 is 3.13 bits per heavy atom. The second-order valence-corrected chi connectivity index (χ2v) is 3.74. The molecule has 0 saturated heterocycles. The van der Waals surface area contributed by atoms with Crippen molar-refractivity contribution >= 4 is 11.0 Å². The lowest BCUT2D eigenvalue weighted by molar-refractivity contribution is 0.555. The fourth-order valence-electron chi connectivity index (χ4n) is 1.72. The van der Waals surface area contributed by atoms with Crippen molar-refractivity contribution in [2.24, 2.45) is 0 Å². The number of hydrogen-bond donors (Lipinski definition) is 2. The van der Waals surface area contributed by atoms with Gasteiger partial charge in [0.05, 0.1) is 17.2 Å². The third-order valence-electron chi connectivity index (χ3n) is 2.38. The summed E-state index contributed by atoms with van der Waals surface area (Å²) in [6, 6.07) is 2.37. The van der Waals surface area contributed by atoms with Gasteiger partial charge in [0.15, 0.2) is 0 Å². The summed E-state index contributed by atoms with van der Waals surface area (Å²) in [6.07, 6.45) is 4.49. The number of fused-ring (bicyclic) bond motifs is 1. The number of hydrogen-bond acceptors (Lipinski definition) is 3. The number of aromatic nitrogens is 3. The number of likely N-dealkylation sites (N-methyl/N-ethyl adjacent to an activating group) is 1. The van der Waals surface area contributed by atoms with Gasteiger partial charge in [-0.2, -0.15) is 0 Å². The molecule has 2 aromatic heterocycles. The zero-order valence-corrected chi connectivity index (χ0v) is 9.12. The van der Waals surface area contributed by atoms with E-state index >= 15 is 0 Å². The molecule has 0 saturated carbocycles. The molecule has 0 aliphatic rings. The van der Waals surface area contributed by atoms with E-state index in [9.17, 15) is 0 Å². The Morgan fingerprint density at radius 2 is 2.40 bits per heavy atom. The van der Waals surface area contributed by atoms with E-state index < -0.39 is 0 Å². The summed E-state index contributed by atoms with van der Waals surface area (Å²) in [6.45, 7) is 5.26. The van der Waals surface area contributed by atoms with Crippen LogP contribution in [0.15, 0.2) is 18.5 Å². The van der Waals surface area contributed by atoms with Gasteiger partial charge in [-0.15, -0.1) is 0 Å². The van der Waals surface area contributed by atoms with Crippen LogP contribution in [0.3, 0.4) is 0 Å². The van der Waals surface area contributed by atoms with Crippen LogP contribution in [-0.2, 0) is 6.42 Å². The van der Waals surface area contributed by atoms with Crippen LogP contribution in [0.4, 0.5) is 0 Å². The van der Waals surface area contributed by atoms with Crippen molar-refractivity contribution in [2.45, 2.75) is 26.3 Å². The smallest absolute Gasteiger partial charge is 0.108 e. The van der Waals surface area contributed by atoms with Gasteiger partial charge >= 0.3 is 0 Å². The van der Waals surface area contributed by atoms with Gasteiger partial charge in [-0.25, -0.2) is 4.98 Å². The van der Waals surface area contributed by atoms with Gasteiger partial charge in [-0.3, -0.25) is 4.98 Å². The number of rotatable bonds is 4. The van der Waals surface area contributed by atoms with Crippen LogP contribution in [0.1, 0.15) is 19.7 Å². The molecule has 80 valence electrons. The zero-order chi connectivity index (χ0) is 10.7. The van der Waals surface area contributed by atoms with Crippen molar-refractivity contribution in [3.8, 4) is 0 Å². The predicted molar refractivity (Wildman–Crippen MR) is 60.7 cm³/mol. The third-order valence-corrected chi connectivity index (χ3v) is 2.38. The Labute approximate surface area is 89.1 Å². The molecule has 0 bridgehead atoms. The van der Waals surface area contributed by atoms with Crippen LogP contribution in [0.5, 0.6) is 0 Å². The second-order valence-electron chi connectivity index (χ2n) is 3.74. The van der Waals surface area contributed by atoms with Gasteiger partial charge in [0.2, 0.25) is 0 Å². The van der Waals surface area contributed by atoms with Crippen LogP contribution in [0.2, 0.25) is 0 Å². The minimum atomic E-state index is 0.448. The Hall–Kier alpha value is -1.42. The van der Waals surface area contributed by atoms with Gasteiger partial charge in [0.1, 0.15) is 5.82 Å². The molecule has 0 radical (unpaired) electrons. The number of H-pyrrole nitrogens is 1. The standard InChI is InChI=1S/C11H16N4/c1-3-13-8(2)6-11-14-9-4-5-12-7-10(9)15-11/h4-5,7-8,13H,3,6H2,1-2H3,(H,14,15). The minimum absolute atomic E-state index is 0.448. The predicted octanol–water partition coefficient (Wildman–Crippen LogP) is 1.50. The fourth-order valence-corrected chi connectivity index (χ4v) is 1.72. The molecule has 0 aromatic carbocycles. The fraction of sp³-hybridized carbons (Fsp3) is 0.455. The first-order valence-electron chi connectivity index (χ1n) is 5.31. The molecule has 2 aromatic rings. The summed E-state index contributed by atoms with van der Waals surface area (Å²) in [5, 5.41) is 3.36. The molecular formula is C11H16N4. The largest absolute Gasteiger partial charge is 0.341 e. The molecule has 1 unspecified atom stereocenters. The molecule has 0 aliphatic carbocycles. The quantitative estimate of drug-likeness (QED) is 0.793. The van der Waals surface area contributed by atoms with E-state index in [0.717, 1.165) is 29.8 Å². The number of nitrogens with zero attached hydrogens (tertiary/aromatic N) is 2. The maximum atomic E-state index is 4.50. The molecule has 15 heavy (non-hydrogen) atoms. The SMILES string of the molecule is CCNC(C)Cc1nc2ccncc2[nH]1. The molecule has 0 aliphatic heterocycles. The Kier molecular flexibility index (Phi) is 2.97. The molecule has 4 nitrogen and oxygen atoms in total. The van der Waals surface area contributed by atoms with E-state index in [4.69, 9.17) is 0 Å². The van der Waals surface area contributed by atoms with Crippen molar-refractivity contribution in [1.82, 2.24) is 20.3 Å². The molecule has 2 N–H and O–H groups in total. The molecule has 0 amide bonds. The minimum Gasteiger partial charge on any atom is -0.341 e. The average molecular weight is 204 g/mol. The molecule has 2 heterocycles. The number of aromatic amines is 1. The van der Waals surface area contributed by atoms with Gasteiger partial charge in [-0.05, 0) is 19.5 Å². The van der Waals surface area contributed by atoms with Gasteiger partial charge in [0, 0.05) is 18.7 Å². The Morgan fingerprint density at radius 1 is 1.53 bits per heavy atom. The van der Waals surface area contributed by atoms with E-state index in [1.165, 1.54) is 0 Å². The monoisotopic (exact) mass is 204 g/mol. The van der Waals surface area contributed by atoms with Crippen LogP contribution in [0, 0.1) is 0 Å². The Balaban J connectivity index is 2.15. The van der Waals surface area contributed by atoms with Crippen molar-refractivity contribution in [3.63, 3.8) is 0 Å². The van der Waals surface area contributed by atoms with E-state index in [2.05, 4.69) is 34.1 Å². The average Bonchev–Trinajstić information content (AvgIpc) is 2.59. The highest BCUT2D eigenvalue weighted by Crippen LogP contribution is 2.09. The number of imidazole rings is 1. The summed E-state index contributed by atoms with van der Waals surface area (Å²) < 4.78 is 0. The highest BCUT2D eigenvalue weighted by atomic mass is 15.0. The van der Waals surface area contributed by atoms with Crippen molar-refractivity contribution in [1.29, 1.82) is 0 Å². The topological polar surface area (TPSA) is 53.6 Å². The summed E-state index contributed by atoms with van der Waals surface area (Å²) in [5.74, 6) is 1.02. The normalized spacial score (nSPS) is 13.2. The summed E-state index contributed by atoms with van der Waals surface area (Å²) in [5.41, 5.74) is 2.00. The zero-order valence-electron chi connectivity index (χ0n) is 9.12. The molecule has 1 atom stereocenters. The first-order valence-corrected chi connectivity index (χ1v) is 5.31.